The highest BCUT2D eigenvalue weighted by Crippen LogP contribution is 2.35. The summed E-state index contributed by atoms with van der Waals surface area (Å²) in [5.74, 6) is 0.344. The molecule has 0 saturated heterocycles. The van der Waals surface area contributed by atoms with Crippen molar-refractivity contribution in [1.29, 1.82) is 0 Å². The lowest BCUT2D eigenvalue weighted by atomic mass is 9.91. The lowest BCUT2D eigenvalue weighted by Gasteiger charge is -2.16. The van der Waals surface area contributed by atoms with E-state index in [2.05, 4.69) is 15.9 Å². The van der Waals surface area contributed by atoms with E-state index >= 15 is 0 Å². The van der Waals surface area contributed by atoms with Gasteiger partial charge in [0, 0.05) is 15.4 Å². The number of carbonyl (C=O) groups is 1. The molecule has 0 fully saturated rings. The molecule has 0 spiro atoms. The number of carbonyl (C=O) groups excluding carboxylic acids is 1. The van der Waals surface area contributed by atoms with Gasteiger partial charge in [0.2, 0.25) is 5.78 Å². The van der Waals surface area contributed by atoms with Gasteiger partial charge in [0.05, 0.1) is 7.11 Å². The Labute approximate surface area is 107 Å². The van der Waals surface area contributed by atoms with E-state index < -0.39 is 0 Å². The maximum atomic E-state index is 12.1. The van der Waals surface area contributed by atoms with E-state index in [-0.39, 0.29) is 5.78 Å². The van der Waals surface area contributed by atoms with E-state index in [1.165, 1.54) is 7.11 Å². The third-order valence-corrected chi connectivity index (χ3v) is 3.69. The third-order valence-electron chi connectivity index (χ3n) is 2.99. The van der Waals surface area contributed by atoms with Gasteiger partial charge < -0.3 is 4.74 Å². The third kappa shape index (κ3) is 1.42. The Balaban J connectivity index is 2.48. The molecular weight excluding hydrogens is 280 g/mol. The number of methoxy groups -OCH3 is 1. The van der Waals surface area contributed by atoms with E-state index in [1.807, 2.05) is 30.3 Å². The van der Waals surface area contributed by atoms with Crippen molar-refractivity contribution in [2.75, 3.05) is 7.11 Å². The number of allylic oxidation sites excluding steroid dienone is 1. The summed E-state index contributed by atoms with van der Waals surface area (Å²) in [6.45, 7) is 0. The van der Waals surface area contributed by atoms with Crippen molar-refractivity contribution in [3.63, 3.8) is 0 Å². The molecule has 3 heteroatoms. The van der Waals surface area contributed by atoms with Gasteiger partial charge in [-0.25, -0.2) is 0 Å². The summed E-state index contributed by atoms with van der Waals surface area (Å²) in [6, 6.07) is 9.71. The molecular formula is C14H9BrO2. The zero-order valence-corrected chi connectivity index (χ0v) is 10.7. The van der Waals surface area contributed by atoms with Gasteiger partial charge in [-0.1, -0.05) is 40.2 Å². The zero-order valence-electron chi connectivity index (χ0n) is 9.16. The molecule has 3 rings (SSSR count). The quantitative estimate of drug-likeness (QED) is 0.798. The molecule has 2 aromatic rings. The number of Topliss-reactive ketones (excluding diaryl/α,β-unsaturated/α-hetero) is 1. The van der Waals surface area contributed by atoms with Gasteiger partial charge in [-0.3, -0.25) is 4.79 Å². The molecule has 0 radical (unpaired) electrons. The SMILES string of the molecule is COC1=Cc2ccc(Br)c3cccc(c23)C1=O. The lowest BCUT2D eigenvalue weighted by Crippen LogP contribution is -2.10. The van der Waals surface area contributed by atoms with Crippen LogP contribution in [0.25, 0.3) is 16.8 Å². The second-order valence-corrected chi connectivity index (χ2v) is 4.76. The van der Waals surface area contributed by atoms with Gasteiger partial charge >= 0.3 is 0 Å². The maximum absolute atomic E-state index is 12.1. The topological polar surface area (TPSA) is 26.3 Å². The van der Waals surface area contributed by atoms with Crippen molar-refractivity contribution in [3.05, 3.63) is 51.7 Å². The number of ether oxygens (including phenoxy) is 1. The van der Waals surface area contributed by atoms with Crippen molar-refractivity contribution in [2.24, 2.45) is 0 Å². The molecule has 17 heavy (non-hydrogen) atoms. The summed E-state index contributed by atoms with van der Waals surface area (Å²) in [5, 5.41) is 2.05. The fourth-order valence-electron chi connectivity index (χ4n) is 2.20. The molecule has 2 nitrogen and oxygen atoms in total. The Kier molecular flexibility index (Phi) is 2.30. The van der Waals surface area contributed by atoms with Crippen LogP contribution in [0.5, 0.6) is 0 Å². The summed E-state index contributed by atoms with van der Waals surface area (Å²) in [5.41, 5.74) is 1.73. The van der Waals surface area contributed by atoms with Crippen molar-refractivity contribution in [2.45, 2.75) is 0 Å². The van der Waals surface area contributed by atoms with Crippen LogP contribution in [-0.2, 0) is 4.74 Å². The first-order chi connectivity index (χ1) is 8.22. The molecule has 0 heterocycles. The van der Waals surface area contributed by atoms with Gasteiger partial charge in [-0.2, -0.15) is 0 Å². The first-order valence-corrected chi connectivity index (χ1v) is 6.03. The largest absolute Gasteiger partial charge is 0.493 e. The minimum Gasteiger partial charge on any atom is -0.493 e. The second kappa shape index (κ2) is 3.70. The van der Waals surface area contributed by atoms with Gasteiger partial charge in [-0.15, -0.1) is 0 Å². The van der Waals surface area contributed by atoms with Crippen LogP contribution in [0.3, 0.4) is 0 Å². The zero-order chi connectivity index (χ0) is 12.0. The average molecular weight is 289 g/mol. The van der Waals surface area contributed by atoms with E-state index in [0.29, 0.717) is 11.3 Å². The van der Waals surface area contributed by atoms with E-state index in [0.717, 1.165) is 20.8 Å². The van der Waals surface area contributed by atoms with Gasteiger partial charge in [-0.05, 0) is 23.1 Å². The number of benzene rings is 2. The van der Waals surface area contributed by atoms with Crippen molar-refractivity contribution >= 4 is 38.6 Å². The summed E-state index contributed by atoms with van der Waals surface area (Å²) < 4.78 is 6.12. The molecule has 0 aliphatic heterocycles. The van der Waals surface area contributed by atoms with Crippen LogP contribution < -0.4 is 0 Å². The van der Waals surface area contributed by atoms with E-state index in [9.17, 15) is 4.79 Å². The monoisotopic (exact) mass is 288 g/mol. The Bertz CT molecular complexity index is 671. The number of hydrogen-bond donors (Lipinski definition) is 0. The standard InChI is InChI=1S/C14H9BrO2/c1-17-12-7-8-5-6-11(15)9-3-2-4-10(13(8)9)14(12)16/h2-7H,1H3. The number of ketones is 1. The van der Waals surface area contributed by atoms with Crippen molar-refractivity contribution in [3.8, 4) is 0 Å². The highest BCUT2D eigenvalue weighted by molar-refractivity contribution is 9.10. The summed E-state index contributed by atoms with van der Waals surface area (Å²) in [6.07, 6.45) is 1.80. The molecule has 0 bridgehead atoms. The van der Waals surface area contributed by atoms with Crippen LogP contribution in [0.15, 0.2) is 40.6 Å². The lowest BCUT2D eigenvalue weighted by molar-refractivity contribution is 0.0957. The second-order valence-electron chi connectivity index (χ2n) is 3.91. The van der Waals surface area contributed by atoms with E-state index in [4.69, 9.17) is 4.74 Å². The molecule has 1 aliphatic carbocycles. The molecule has 0 aromatic heterocycles. The first-order valence-electron chi connectivity index (χ1n) is 5.24. The highest BCUT2D eigenvalue weighted by atomic mass is 79.9. The van der Waals surface area contributed by atoms with Crippen LogP contribution in [0.2, 0.25) is 0 Å². The molecule has 0 atom stereocenters. The first kappa shape index (κ1) is 10.5. The van der Waals surface area contributed by atoms with E-state index in [1.54, 1.807) is 6.08 Å². The maximum Gasteiger partial charge on any atom is 0.228 e. The van der Waals surface area contributed by atoms with Crippen LogP contribution in [0.4, 0.5) is 0 Å². The molecule has 0 N–H and O–H groups in total. The summed E-state index contributed by atoms with van der Waals surface area (Å²) in [4.78, 5) is 12.1. The Morgan fingerprint density at radius 1 is 1.18 bits per heavy atom. The van der Waals surface area contributed by atoms with Crippen molar-refractivity contribution < 1.29 is 9.53 Å². The average Bonchev–Trinajstić information content (AvgIpc) is 2.36. The fraction of sp³-hybridized carbons (Fsp3) is 0.0714. The minimum atomic E-state index is -0.0521. The van der Waals surface area contributed by atoms with Crippen LogP contribution in [-0.4, -0.2) is 12.9 Å². The minimum absolute atomic E-state index is 0.0521. The fourth-order valence-corrected chi connectivity index (χ4v) is 2.66. The van der Waals surface area contributed by atoms with Crippen LogP contribution >= 0.6 is 15.9 Å². The molecule has 84 valence electrons. The Hall–Kier alpha value is -1.61. The predicted molar refractivity (Wildman–Crippen MR) is 71.0 cm³/mol. The molecule has 1 aliphatic rings. The number of rotatable bonds is 1. The normalized spacial score (nSPS) is 13.8. The van der Waals surface area contributed by atoms with Crippen molar-refractivity contribution in [1.82, 2.24) is 0 Å². The van der Waals surface area contributed by atoms with Crippen LogP contribution in [0, 0.1) is 0 Å². The molecule has 0 unspecified atom stereocenters. The summed E-state index contributed by atoms with van der Waals surface area (Å²) in [7, 11) is 1.52. The van der Waals surface area contributed by atoms with Gasteiger partial charge in [0.15, 0.2) is 5.76 Å². The predicted octanol–water partition coefficient (Wildman–Crippen LogP) is 3.79. The summed E-state index contributed by atoms with van der Waals surface area (Å²) >= 11 is 3.51. The molecule has 0 amide bonds. The highest BCUT2D eigenvalue weighted by Gasteiger charge is 2.22. The molecule has 0 saturated carbocycles. The number of hydrogen-bond acceptors (Lipinski definition) is 2. The molecule has 2 aromatic carbocycles. The Morgan fingerprint density at radius 3 is 2.76 bits per heavy atom. The Morgan fingerprint density at radius 2 is 2.00 bits per heavy atom. The number of halogens is 1. The van der Waals surface area contributed by atoms with Crippen LogP contribution in [0.1, 0.15) is 15.9 Å². The van der Waals surface area contributed by atoms with Gasteiger partial charge in [0.25, 0.3) is 0 Å². The van der Waals surface area contributed by atoms with Gasteiger partial charge in [0.1, 0.15) is 0 Å². The smallest absolute Gasteiger partial charge is 0.228 e.